The number of amides is 2. The maximum Gasteiger partial charge on any atom is 0.254 e. The molecule has 0 bridgehead atoms. The van der Waals surface area contributed by atoms with Gasteiger partial charge in [-0.3, -0.25) is 14.6 Å². The first kappa shape index (κ1) is 15.7. The van der Waals surface area contributed by atoms with Crippen LogP contribution in [0.2, 0.25) is 0 Å². The van der Waals surface area contributed by atoms with Crippen molar-refractivity contribution in [2.24, 2.45) is 0 Å². The Bertz CT molecular complexity index is 546. The summed E-state index contributed by atoms with van der Waals surface area (Å²) in [6.45, 7) is 0.0305. The van der Waals surface area contributed by atoms with E-state index in [0.717, 1.165) is 0 Å². The van der Waals surface area contributed by atoms with Crippen molar-refractivity contribution in [3.63, 3.8) is 0 Å². The fraction of sp³-hybridized carbons (Fsp3) is 0.357. The molecule has 2 amide bonds. The Balaban J connectivity index is 2.83. The predicted octanol–water partition coefficient (Wildman–Crippen LogP) is -0.367. The Morgan fingerprint density at radius 2 is 2.25 bits per heavy atom. The average Bonchev–Trinajstić information content (AvgIpc) is 2.49. The van der Waals surface area contributed by atoms with Crippen LogP contribution < -0.4 is 5.32 Å². The van der Waals surface area contributed by atoms with E-state index in [1.54, 1.807) is 20.2 Å². The number of aromatic nitrogens is 1. The van der Waals surface area contributed by atoms with Crippen LogP contribution in [-0.2, 0) is 4.79 Å². The summed E-state index contributed by atoms with van der Waals surface area (Å²) in [4.78, 5) is 28.8. The third-order valence-corrected chi connectivity index (χ3v) is 2.65. The summed E-state index contributed by atoms with van der Waals surface area (Å²) in [6, 6.07) is 1.57. The minimum atomic E-state index is -0.283. The van der Waals surface area contributed by atoms with Crippen molar-refractivity contribution in [1.29, 1.82) is 0 Å². The molecule has 1 rings (SSSR count). The van der Waals surface area contributed by atoms with Crippen molar-refractivity contribution in [3.05, 3.63) is 29.6 Å². The van der Waals surface area contributed by atoms with Gasteiger partial charge in [0.05, 0.1) is 11.1 Å². The number of aliphatic hydroxyl groups is 1. The van der Waals surface area contributed by atoms with Gasteiger partial charge in [-0.2, -0.15) is 0 Å². The predicted molar refractivity (Wildman–Crippen MR) is 73.8 cm³/mol. The third kappa shape index (κ3) is 4.37. The van der Waals surface area contributed by atoms with E-state index in [-0.39, 0.29) is 24.8 Å². The monoisotopic (exact) mass is 275 g/mol. The van der Waals surface area contributed by atoms with Crippen molar-refractivity contribution in [2.45, 2.75) is 6.42 Å². The molecule has 0 fully saturated rings. The molecule has 1 aromatic rings. The van der Waals surface area contributed by atoms with Gasteiger partial charge in [0.15, 0.2) is 0 Å². The summed E-state index contributed by atoms with van der Waals surface area (Å²) < 4.78 is 0. The van der Waals surface area contributed by atoms with Crippen LogP contribution in [0.3, 0.4) is 0 Å². The summed E-state index contributed by atoms with van der Waals surface area (Å²) in [5.41, 5.74) is 0.860. The molecule has 6 heteroatoms. The highest BCUT2D eigenvalue weighted by Crippen LogP contribution is 2.09. The van der Waals surface area contributed by atoms with E-state index in [4.69, 9.17) is 5.11 Å². The maximum absolute atomic E-state index is 12.3. The Morgan fingerprint density at radius 3 is 2.90 bits per heavy atom. The van der Waals surface area contributed by atoms with Gasteiger partial charge in [-0.05, 0) is 6.07 Å². The second-order valence-electron chi connectivity index (χ2n) is 4.03. The molecule has 0 atom stereocenters. The van der Waals surface area contributed by atoms with Crippen LogP contribution in [0.1, 0.15) is 22.3 Å². The quantitative estimate of drug-likeness (QED) is 0.735. The van der Waals surface area contributed by atoms with E-state index in [1.807, 2.05) is 0 Å². The number of aliphatic hydroxyl groups excluding tert-OH is 1. The van der Waals surface area contributed by atoms with Gasteiger partial charge < -0.3 is 15.3 Å². The fourth-order valence-electron chi connectivity index (χ4n) is 1.52. The van der Waals surface area contributed by atoms with Crippen molar-refractivity contribution in [3.8, 4) is 11.8 Å². The standard InChI is InChI=1S/C14H17N3O3/c1-15-13(19)6-8-17(2)14(20)12-5-7-16-10-11(12)4-3-9-18/h5,7,10,18H,6,8-9H2,1-2H3,(H,15,19). The van der Waals surface area contributed by atoms with E-state index < -0.39 is 0 Å². The normalized spacial score (nSPS) is 9.35. The van der Waals surface area contributed by atoms with Crippen LogP contribution in [0.15, 0.2) is 18.5 Å². The molecule has 0 aromatic carbocycles. The van der Waals surface area contributed by atoms with Gasteiger partial charge in [-0.25, -0.2) is 0 Å². The van der Waals surface area contributed by atoms with Crippen molar-refractivity contribution >= 4 is 11.8 Å². The number of carbonyl (C=O) groups is 2. The molecule has 1 heterocycles. The number of pyridine rings is 1. The minimum Gasteiger partial charge on any atom is -0.384 e. The molecular weight excluding hydrogens is 258 g/mol. The molecule has 6 nitrogen and oxygen atoms in total. The summed E-state index contributed by atoms with van der Waals surface area (Å²) in [5.74, 6) is 4.81. The lowest BCUT2D eigenvalue weighted by Gasteiger charge is -2.17. The Kier molecular flexibility index (Phi) is 6.20. The zero-order valence-corrected chi connectivity index (χ0v) is 11.5. The fourth-order valence-corrected chi connectivity index (χ4v) is 1.52. The van der Waals surface area contributed by atoms with Gasteiger partial charge in [-0.15, -0.1) is 0 Å². The van der Waals surface area contributed by atoms with Crippen LogP contribution >= 0.6 is 0 Å². The molecule has 0 aliphatic rings. The SMILES string of the molecule is CNC(=O)CCN(C)C(=O)c1ccncc1C#CCO. The Labute approximate surface area is 117 Å². The zero-order chi connectivity index (χ0) is 15.0. The molecule has 0 radical (unpaired) electrons. The lowest BCUT2D eigenvalue weighted by Crippen LogP contribution is -2.31. The molecule has 0 spiro atoms. The lowest BCUT2D eigenvalue weighted by atomic mass is 10.1. The Hall–Kier alpha value is -2.39. The number of rotatable bonds is 4. The van der Waals surface area contributed by atoms with Gasteiger partial charge in [0.25, 0.3) is 5.91 Å². The van der Waals surface area contributed by atoms with Gasteiger partial charge in [0.1, 0.15) is 6.61 Å². The van der Waals surface area contributed by atoms with Crippen molar-refractivity contribution in [2.75, 3.05) is 27.2 Å². The van der Waals surface area contributed by atoms with Crippen LogP contribution in [-0.4, -0.2) is 54.1 Å². The number of nitrogens with zero attached hydrogens (tertiary/aromatic N) is 2. The number of nitrogens with one attached hydrogen (secondary N) is 1. The van der Waals surface area contributed by atoms with Crippen LogP contribution in [0.4, 0.5) is 0 Å². The van der Waals surface area contributed by atoms with E-state index in [9.17, 15) is 9.59 Å². The van der Waals surface area contributed by atoms with Gasteiger partial charge in [-0.1, -0.05) is 11.8 Å². The molecule has 0 unspecified atom stereocenters. The van der Waals surface area contributed by atoms with Crippen LogP contribution in [0, 0.1) is 11.8 Å². The summed E-state index contributed by atoms with van der Waals surface area (Å²) in [7, 11) is 3.17. The first-order chi connectivity index (χ1) is 9.60. The van der Waals surface area contributed by atoms with Crippen LogP contribution in [0.25, 0.3) is 0 Å². The summed E-state index contributed by atoms with van der Waals surface area (Å²) in [6.07, 6.45) is 3.22. The molecule has 0 saturated carbocycles. The topological polar surface area (TPSA) is 82.5 Å². The summed E-state index contributed by atoms with van der Waals surface area (Å²) in [5, 5.41) is 11.2. The van der Waals surface area contributed by atoms with Crippen molar-refractivity contribution < 1.29 is 14.7 Å². The molecule has 0 aliphatic carbocycles. The van der Waals surface area contributed by atoms with E-state index in [1.165, 1.54) is 17.3 Å². The smallest absolute Gasteiger partial charge is 0.254 e. The highest BCUT2D eigenvalue weighted by atomic mass is 16.2. The van der Waals surface area contributed by atoms with Gasteiger partial charge in [0, 0.05) is 39.5 Å². The molecular formula is C14H17N3O3. The van der Waals surface area contributed by atoms with E-state index >= 15 is 0 Å². The first-order valence-corrected chi connectivity index (χ1v) is 6.10. The highest BCUT2D eigenvalue weighted by Gasteiger charge is 2.15. The second-order valence-corrected chi connectivity index (χ2v) is 4.03. The lowest BCUT2D eigenvalue weighted by molar-refractivity contribution is -0.120. The van der Waals surface area contributed by atoms with Crippen LogP contribution in [0.5, 0.6) is 0 Å². The molecule has 20 heavy (non-hydrogen) atoms. The van der Waals surface area contributed by atoms with Crippen molar-refractivity contribution in [1.82, 2.24) is 15.2 Å². The van der Waals surface area contributed by atoms with E-state index in [0.29, 0.717) is 17.7 Å². The zero-order valence-electron chi connectivity index (χ0n) is 11.5. The minimum absolute atomic E-state index is 0.125. The molecule has 0 saturated heterocycles. The van der Waals surface area contributed by atoms with E-state index in [2.05, 4.69) is 22.1 Å². The third-order valence-electron chi connectivity index (χ3n) is 2.65. The number of hydrogen-bond donors (Lipinski definition) is 2. The largest absolute Gasteiger partial charge is 0.384 e. The first-order valence-electron chi connectivity index (χ1n) is 6.10. The van der Waals surface area contributed by atoms with Gasteiger partial charge >= 0.3 is 0 Å². The Morgan fingerprint density at radius 1 is 1.50 bits per heavy atom. The molecule has 106 valence electrons. The second kappa shape index (κ2) is 7.92. The summed E-state index contributed by atoms with van der Waals surface area (Å²) >= 11 is 0. The molecule has 1 aromatic heterocycles. The molecule has 2 N–H and O–H groups in total. The average molecular weight is 275 g/mol. The number of carbonyl (C=O) groups excluding carboxylic acids is 2. The maximum atomic E-state index is 12.3. The van der Waals surface area contributed by atoms with Gasteiger partial charge in [0.2, 0.25) is 5.91 Å². The molecule has 0 aliphatic heterocycles. The highest BCUT2D eigenvalue weighted by molar-refractivity contribution is 5.96. The number of hydrogen-bond acceptors (Lipinski definition) is 4.